The van der Waals surface area contributed by atoms with Gasteiger partial charge in [-0.2, -0.15) is 0 Å². The van der Waals surface area contributed by atoms with Crippen molar-refractivity contribution >= 4 is 27.8 Å². The quantitative estimate of drug-likeness (QED) is 0.769. The fourth-order valence-electron chi connectivity index (χ4n) is 0.797. The Labute approximate surface area is 82.7 Å². The van der Waals surface area contributed by atoms with Crippen molar-refractivity contribution in [3.8, 4) is 0 Å². The van der Waals surface area contributed by atoms with Crippen molar-refractivity contribution in [2.24, 2.45) is 0 Å². The molecular weight excluding hydrogens is 238 g/mol. The van der Waals surface area contributed by atoms with E-state index in [0.717, 1.165) is 0 Å². The molecule has 0 fully saturated rings. The molecule has 5 nitrogen and oxygen atoms in total. The minimum atomic E-state index is -0.309. The Balaban J connectivity index is 3.13. The first-order valence-corrected chi connectivity index (χ1v) is 4.34. The third-order valence-corrected chi connectivity index (χ3v) is 2.26. The van der Waals surface area contributed by atoms with Gasteiger partial charge in [0, 0.05) is 6.92 Å². The summed E-state index contributed by atoms with van der Waals surface area (Å²) in [5.74, 6) is -0.108. The molecule has 0 saturated carbocycles. The van der Waals surface area contributed by atoms with Crippen LogP contribution in [-0.4, -0.2) is 15.9 Å². The monoisotopic (exact) mass is 245 g/mol. The SMILES string of the molecule is CC(=O)Nc1nc(C)c(Br)c(=O)[nH]1. The van der Waals surface area contributed by atoms with Crippen molar-refractivity contribution in [2.45, 2.75) is 13.8 Å². The first kappa shape index (κ1) is 9.91. The van der Waals surface area contributed by atoms with Gasteiger partial charge in [0.15, 0.2) is 0 Å². The highest BCUT2D eigenvalue weighted by atomic mass is 79.9. The third-order valence-electron chi connectivity index (χ3n) is 1.32. The topological polar surface area (TPSA) is 74.8 Å². The molecule has 0 aliphatic rings. The number of rotatable bonds is 1. The van der Waals surface area contributed by atoms with E-state index in [-0.39, 0.29) is 17.4 Å². The van der Waals surface area contributed by atoms with Gasteiger partial charge < -0.3 is 0 Å². The number of aryl methyl sites for hydroxylation is 1. The molecule has 0 aliphatic heterocycles. The first-order valence-electron chi connectivity index (χ1n) is 3.54. The number of nitrogens with zero attached hydrogens (tertiary/aromatic N) is 1. The van der Waals surface area contributed by atoms with Crippen molar-refractivity contribution < 1.29 is 4.79 Å². The van der Waals surface area contributed by atoms with Crippen molar-refractivity contribution in [2.75, 3.05) is 5.32 Å². The van der Waals surface area contributed by atoms with Crippen LogP contribution in [0.4, 0.5) is 5.95 Å². The van der Waals surface area contributed by atoms with Gasteiger partial charge in [0.2, 0.25) is 11.9 Å². The fraction of sp³-hybridized carbons (Fsp3) is 0.286. The molecule has 1 heterocycles. The van der Waals surface area contributed by atoms with Crippen LogP contribution in [0.15, 0.2) is 9.27 Å². The predicted octanol–water partition coefficient (Wildman–Crippen LogP) is 0.799. The second-order valence-electron chi connectivity index (χ2n) is 2.50. The molecule has 0 aliphatic carbocycles. The van der Waals surface area contributed by atoms with Crippen LogP contribution in [0.1, 0.15) is 12.6 Å². The van der Waals surface area contributed by atoms with E-state index in [1.54, 1.807) is 6.92 Å². The summed E-state index contributed by atoms with van der Waals surface area (Å²) in [6.45, 7) is 3.02. The fourth-order valence-corrected chi connectivity index (χ4v) is 0.985. The Hall–Kier alpha value is -1.17. The molecule has 70 valence electrons. The normalized spacial score (nSPS) is 9.77. The van der Waals surface area contributed by atoms with Crippen molar-refractivity contribution in [3.63, 3.8) is 0 Å². The number of nitrogens with one attached hydrogen (secondary N) is 2. The van der Waals surface area contributed by atoms with Crippen LogP contribution in [0.25, 0.3) is 0 Å². The summed E-state index contributed by atoms with van der Waals surface area (Å²) >= 11 is 3.06. The maximum Gasteiger partial charge on any atom is 0.266 e. The highest BCUT2D eigenvalue weighted by Gasteiger charge is 2.04. The number of halogens is 1. The van der Waals surface area contributed by atoms with Gasteiger partial charge >= 0.3 is 0 Å². The lowest BCUT2D eigenvalue weighted by molar-refractivity contribution is -0.114. The van der Waals surface area contributed by atoms with E-state index in [2.05, 4.69) is 31.2 Å². The number of amides is 1. The largest absolute Gasteiger partial charge is 0.296 e. The van der Waals surface area contributed by atoms with Crippen molar-refractivity contribution in [1.29, 1.82) is 0 Å². The molecule has 0 aromatic carbocycles. The van der Waals surface area contributed by atoms with E-state index >= 15 is 0 Å². The van der Waals surface area contributed by atoms with Crippen LogP contribution in [0, 0.1) is 6.92 Å². The molecule has 0 radical (unpaired) electrons. The van der Waals surface area contributed by atoms with Crippen LogP contribution < -0.4 is 10.9 Å². The maximum atomic E-state index is 11.1. The molecule has 0 saturated heterocycles. The van der Waals surface area contributed by atoms with Gasteiger partial charge in [-0.3, -0.25) is 19.9 Å². The summed E-state index contributed by atoms with van der Waals surface area (Å²) in [5, 5.41) is 2.39. The number of aromatic nitrogens is 2. The van der Waals surface area contributed by atoms with E-state index in [1.807, 2.05) is 0 Å². The summed E-state index contributed by atoms with van der Waals surface area (Å²) in [7, 11) is 0. The molecule has 2 N–H and O–H groups in total. The van der Waals surface area contributed by atoms with Crippen LogP contribution in [-0.2, 0) is 4.79 Å². The van der Waals surface area contributed by atoms with Crippen LogP contribution in [0.3, 0.4) is 0 Å². The average molecular weight is 246 g/mol. The van der Waals surface area contributed by atoms with Crippen molar-refractivity contribution in [1.82, 2.24) is 9.97 Å². The second kappa shape index (κ2) is 3.69. The summed E-state index contributed by atoms with van der Waals surface area (Å²) in [4.78, 5) is 28.1. The first-order chi connectivity index (χ1) is 6.00. The molecular formula is C7H8BrN3O2. The molecule has 13 heavy (non-hydrogen) atoms. The van der Waals surface area contributed by atoms with Gasteiger partial charge in [0.05, 0.1) is 5.69 Å². The van der Waals surface area contributed by atoms with Gasteiger partial charge in [-0.15, -0.1) is 0 Å². The zero-order valence-electron chi connectivity index (χ0n) is 7.14. The average Bonchev–Trinajstić information content (AvgIpc) is 1.98. The summed E-state index contributed by atoms with van der Waals surface area (Å²) in [6.07, 6.45) is 0. The highest BCUT2D eigenvalue weighted by Crippen LogP contribution is 2.08. The van der Waals surface area contributed by atoms with Gasteiger partial charge in [-0.1, -0.05) is 0 Å². The van der Waals surface area contributed by atoms with Crippen LogP contribution in [0.2, 0.25) is 0 Å². The molecule has 0 spiro atoms. The van der Waals surface area contributed by atoms with E-state index in [9.17, 15) is 9.59 Å². The summed E-state index contributed by atoms with van der Waals surface area (Å²) in [5.41, 5.74) is 0.226. The minimum absolute atomic E-state index is 0.165. The predicted molar refractivity (Wildman–Crippen MR) is 51.6 cm³/mol. The highest BCUT2D eigenvalue weighted by molar-refractivity contribution is 9.10. The number of carbonyl (C=O) groups excluding carboxylic acids is 1. The van der Waals surface area contributed by atoms with Crippen molar-refractivity contribution in [3.05, 3.63) is 20.5 Å². The Bertz CT molecular complexity index is 399. The minimum Gasteiger partial charge on any atom is -0.296 e. The number of anilines is 1. The molecule has 1 rings (SSSR count). The van der Waals surface area contributed by atoms with Crippen LogP contribution in [0.5, 0.6) is 0 Å². The molecule has 0 bridgehead atoms. The molecule has 1 aromatic rings. The van der Waals surface area contributed by atoms with E-state index in [0.29, 0.717) is 10.2 Å². The second-order valence-corrected chi connectivity index (χ2v) is 3.29. The van der Waals surface area contributed by atoms with E-state index in [4.69, 9.17) is 0 Å². The van der Waals surface area contributed by atoms with Gasteiger partial charge in [0.25, 0.3) is 5.56 Å². The summed E-state index contributed by atoms with van der Waals surface area (Å²) in [6, 6.07) is 0. The lowest BCUT2D eigenvalue weighted by Crippen LogP contribution is -2.17. The zero-order valence-corrected chi connectivity index (χ0v) is 8.73. The number of hydrogen-bond donors (Lipinski definition) is 2. The zero-order chi connectivity index (χ0) is 10.0. The number of aromatic amines is 1. The van der Waals surface area contributed by atoms with Gasteiger partial charge in [-0.25, -0.2) is 4.98 Å². The summed E-state index contributed by atoms with van der Waals surface area (Å²) < 4.78 is 0.376. The standard InChI is InChI=1S/C7H8BrN3O2/c1-3-5(8)6(13)11-7(9-3)10-4(2)12/h1-2H3,(H2,9,10,11,12,13). The Morgan fingerprint density at radius 1 is 1.62 bits per heavy atom. The van der Waals surface area contributed by atoms with Gasteiger partial charge in [0.1, 0.15) is 4.47 Å². The van der Waals surface area contributed by atoms with Crippen LogP contribution >= 0.6 is 15.9 Å². The lowest BCUT2D eigenvalue weighted by atomic mass is 10.4. The Morgan fingerprint density at radius 2 is 2.23 bits per heavy atom. The molecule has 6 heteroatoms. The van der Waals surface area contributed by atoms with Gasteiger partial charge in [-0.05, 0) is 22.9 Å². The number of carbonyl (C=O) groups is 1. The molecule has 1 aromatic heterocycles. The van der Waals surface area contributed by atoms with E-state index < -0.39 is 0 Å². The molecule has 0 unspecified atom stereocenters. The number of H-pyrrole nitrogens is 1. The lowest BCUT2D eigenvalue weighted by Gasteiger charge is -2.02. The third kappa shape index (κ3) is 2.38. The van der Waals surface area contributed by atoms with E-state index in [1.165, 1.54) is 6.92 Å². The smallest absolute Gasteiger partial charge is 0.266 e. The Morgan fingerprint density at radius 3 is 2.69 bits per heavy atom. The number of hydrogen-bond acceptors (Lipinski definition) is 3. The molecule has 0 atom stereocenters. The maximum absolute atomic E-state index is 11.1. The Kier molecular flexibility index (Phi) is 2.82. The molecule has 1 amide bonds.